The molecule has 8 bridgehead atoms. The second kappa shape index (κ2) is 18.3. The van der Waals surface area contributed by atoms with E-state index in [-0.39, 0.29) is 115 Å². The minimum atomic E-state index is -1.35. The standard InChI is InChI=1S/C40H38N4O16/c45-33(46)5-1-17-21(9-37(53)54)29-14-27-19(3-7-35(49)50)23(11-39(57)58)31(43-27)16-32-24(12-40(59)60)20(4-8-36(51)52)28(44-32)15-30-22(10-38(55)56)18(2-6-34(47)48)26(42-30)13-25(17)41-29/h13-16,41-42H,1-12H2,(H,45,46)(H,47,48)(H,49,50)(H,51,52)(H,53,54)(H,55,56)(H,57,58)(H,59,60). The van der Waals surface area contributed by atoms with Crippen molar-refractivity contribution in [3.63, 3.8) is 0 Å². The van der Waals surface area contributed by atoms with Crippen molar-refractivity contribution in [2.45, 2.75) is 77.0 Å². The number of nitrogens with zero attached hydrogens (tertiary/aromatic N) is 2. The maximum absolute atomic E-state index is 12.3. The molecule has 20 heteroatoms. The number of allylic oxidation sites excluding steroid dienone is 2. The van der Waals surface area contributed by atoms with E-state index in [9.17, 15) is 79.2 Å². The lowest BCUT2D eigenvalue weighted by Gasteiger charge is -2.07. The Morgan fingerprint density at radius 2 is 0.650 bits per heavy atom. The van der Waals surface area contributed by atoms with Gasteiger partial charge in [0.2, 0.25) is 0 Å². The number of nitrogens with one attached hydrogen (secondary N) is 2. The van der Waals surface area contributed by atoms with Crippen LogP contribution in [0, 0.1) is 0 Å². The Kier molecular flexibility index (Phi) is 13.3. The van der Waals surface area contributed by atoms with E-state index in [0.29, 0.717) is 0 Å². The second-order valence-electron chi connectivity index (χ2n) is 13.9. The Bertz CT molecular complexity index is 2420. The molecule has 2 aliphatic rings. The molecule has 5 heterocycles. The van der Waals surface area contributed by atoms with E-state index in [2.05, 4.69) is 19.9 Å². The smallest absolute Gasteiger partial charge is 0.307 e. The molecule has 0 saturated heterocycles. The van der Waals surface area contributed by atoms with Gasteiger partial charge < -0.3 is 50.8 Å². The number of fused-ring (bicyclic) bond motifs is 8. The van der Waals surface area contributed by atoms with Crippen molar-refractivity contribution in [2.75, 3.05) is 0 Å². The molecule has 0 saturated carbocycles. The van der Waals surface area contributed by atoms with E-state index < -0.39 is 99.1 Å². The Morgan fingerprint density at radius 3 is 0.967 bits per heavy atom. The van der Waals surface area contributed by atoms with E-state index in [4.69, 9.17) is 0 Å². The molecular formula is C40H38N4O16. The molecule has 314 valence electrons. The average molecular weight is 831 g/mol. The van der Waals surface area contributed by atoms with E-state index in [0.717, 1.165) is 0 Å². The van der Waals surface area contributed by atoms with Gasteiger partial charge in [-0.3, -0.25) is 38.4 Å². The molecule has 3 aromatic heterocycles. The molecule has 5 rings (SSSR count). The van der Waals surface area contributed by atoms with Gasteiger partial charge in [0.05, 0.1) is 48.5 Å². The van der Waals surface area contributed by atoms with Crippen LogP contribution >= 0.6 is 0 Å². The summed E-state index contributed by atoms with van der Waals surface area (Å²) in [6.07, 6.45) is -5.73. The molecule has 2 aliphatic heterocycles. The highest BCUT2D eigenvalue weighted by molar-refractivity contribution is 6.03. The molecule has 0 aromatic carbocycles. The number of aromatic nitrogens is 4. The average Bonchev–Trinajstić information content (AvgIpc) is 3.81. The van der Waals surface area contributed by atoms with Gasteiger partial charge in [-0.1, -0.05) is 0 Å². The van der Waals surface area contributed by atoms with E-state index >= 15 is 0 Å². The van der Waals surface area contributed by atoms with Gasteiger partial charge in [0, 0.05) is 47.8 Å². The van der Waals surface area contributed by atoms with Gasteiger partial charge in [-0.25, -0.2) is 9.97 Å². The first-order chi connectivity index (χ1) is 28.3. The first-order valence-electron chi connectivity index (χ1n) is 18.3. The Morgan fingerprint density at radius 1 is 0.350 bits per heavy atom. The monoisotopic (exact) mass is 830 g/mol. The summed E-state index contributed by atoms with van der Waals surface area (Å²) in [4.78, 5) is 112. The number of aliphatic carboxylic acids is 8. The van der Waals surface area contributed by atoms with Crippen molar-refractivity contribution in [3.05, 3.63) is 69.3 Å². The third-order valence-corrected chi connectivity index (χ3v) is 9.81. The van der Waals surface area contributed by atoms with Crippen molar-refractivity contribution in [1.29, 1.82) is 0 Å². The van der Waals surface area contributed by atoms with Crippen LogP contribution in [0.25, 0.3) is 44.4 Å². The second-order valence-corrected chi connectivity index (χ2v) is 13.9. The fraction of sp³-hybridized carbons (Fsp3) is 0.300. The molecule has 0 aliphatic carbocycles. The minimum Gasteiger partial charge on any atom is -0.481 e. The van der Waals surface area contributed by atoms with Crippen molar-refractivity contribution in [3.8, 4) is 0 Å². The summed E-state index contributed by atoms with van der Waals surface area (Å²) in [5.41, 5.74) is 1.10. The fourth-order valence-corrected chi connectivity index (χ4v) is 7.37. The third kappa shape index (κ3) is 10.4. The lowest BCUT2D eigenvalue weighted by molar-refractivity contribution is -0.138. The number of carboxylic acids is 8. The predicted molar refractivity (Wildman–Crippen MR) is 207 cm³/mol. The van der Waals surface area contributed by atoms with Crippen LogP contribution in [0.4, 0.5) is 0 Å². The topological polar surface area (TPSA) is 356 Å². The summed E-state index contributed by atoms with van der Waals surface area (Å²) in [6.45, 7) is 0. The van der Waals surface area contributed by atoms with E-state index in [1.54, 1.807) is 0 Å². The first-order valence-corrected chi connectivity index (χ1v) is 18.3. The zero-order chi connectivity index (χ0) is 44.0. The summed E-state index contributed by atoms with van der Waals surface area (Å²) in [5.74, 6) is -10.3. The van der Waals surface area contributed by atoms with Crippen LogP contribution in [0.2, 0.25) is 0 Å². The van der Waals surface area contributed by atoms with Gasteiger partial charge in [0.25, 0.3) is 0 Å². The van der Waals surface area contributed by atoms with Crippen molar-refractivity contribution in [1.82, 2.24) is 19.9 Å². The lowest BCUT2D eigenvalue weighted by atomic mass is 9.95. The van der Waals surface area contributed by atoms with Crippen LogP contribution in [0.5, 0.6) is 0 Å². The Labute approximate surface area is 337 Å². The van der Waals surface area contributed by atoms with Crippen LogP contribution in [0.1, 0.15) is 96.4 Å². The number of carbonyl (C=O) groups is 8. The molecule has 0 unspecified atom stereocenters. The maximum atomic E-state index is 12.3. The van der Waals surface area contributed by atoms with Gasteiger partial charge >= 0.3 is 47.8 Å². The number of aryl methyl sites for hydroxylation is 2. The van der Waals surface area contributed by atoms with Gasteiger partial charge in [0.1, 0.15) is 0 Å². The molecule has 0 radical (unpaired) electrons. The van der Waals surface area contributed by atoms with Crippen molar-refractivity contribution < 1.29 is 79.2 Å². The van der Waals surface area contributed by atoms with E-state index in [1.165, 1.54) is 24.3 Å². The SMILES string of the molecule is O=C(O)CCC1=C(CC(=O)O)c2cc3nc(cc4[nH]c(cc5[nH]c(cc1n2)c(CC(=O)O)c5CCC(=O)O)c(CCC(=O)O)c4CC(=O)O)C(CCC(=O)O)=C3CC(=O)O. The van der Waals surface area contributed by atoms with Gasteiger partial charge in [-0.15, -0.1) is 0 Å². The molecule has 60 heavy (non-hydrogen) atoms. The minimum absolute atomic E-state index is 0.00709. The molecule has 10 N–H and O–H groups in total. The summed E-state index contributed by atoms with van der Waals surface area (Å²) in [7, 11) is 0. The number of rotatable bonds is 20. The predicted octanol–water partition coefficient (Wildman–Crippen LogP) is 4.10. The molecular weight excluding hydrogens is 792 g/mol. The molecule has 20 nitrogen and oxygen atoms in total. The molecule has 0 amide bonds. The number of aromatic amines is 2. The summed E-state index contributed by atoms with van der Waals surface area (Å²) < 4.78 is 0. The lowest BCUT2D eigenvalue weighted by Crippen LogP contribution is -2.04. The van der Waals surface area contributed by atoms with Crippen LogP contribution in [0.15, 0.2) is 24.3 Å². The summed E-state index contributed by atoms with van der Waals surface area (Å²) >= 11 is 0. The molecule has 0 atom stereocenters. The van der Waals surface area contributed by atoms with Crippen LogP contribution in [-0.2, 0) is 64.0 Å². The van der Waals surface area contributed by atoms with Crippen molar-refractivity contribution >= 4 is 92.1 Å². The summed E-state index contributed by atoms with van der Waals surface area (Å²) in [6, 6.07) is 5.39. The quantitative estimate of drug-likeness (QED) is 0.0766. The van der Waals surface area contributed by atoms with Gasteiger partial charge in [-0.05, 0) is 94.5 Å². The maximum Gasteiger partial charge on any atom is 0.307 e. The highest BCUT2D eigenvalue weighted by Gasteiger charge is 2.28. The Balaban J connectivity index is 2.09. The van der Waals surface area contributed by atoms with E-state index in [1.807, 2.05) is 0 Å². The number of hydrogen-bond donors (Lipinski definition) is 10. The Hall–Kier alpha value is -7.64. The zero-order valence-electron chi connectivity index (χ0n) is 31.5. The van der Waals surface area contributed by atoms with Crippen LogP contribution in [0.3, 0.4) is 0 Å². The largest absolute Gasteiger partial charge is 0.481 e. The number of H-pyrrole nitrogens is 2. The normalized spacial score (nSPS) is 12.4. The molecule has 3 aromatic rings. The number of carboxylic acid groups (broad SMARTS) is 8. The third-order valence-electron chi connectivity index (χ3n) is 9.81. The van der Waals surface area contributed by atoms with Crippen molar-refractivity contribution in [2.24, 2.45) is 0 Å². The fourth-order valence-electron chi connectivity index (χ4n) is 7.37. The summed E-state index contributed by atoms with van der Waals surface area (Å²) in [5, 5.41) is 78.6. The molecule has 0 fully saturated rings. The van der Waals surface area contributed by atoms with Gasteiger partial charge in [-0.2, -0.15) is 0 Å². The highest BCUT2D eigenvalue weighted by Crippen LogP contribution is 2.40. The van der Waals surface area contributed by atoms with Crippen LogP contribution in [-0.4, -0.2) is 109 Å². The zero-order valence-corrected chi connectivity index (χ0v) is 31.5. The highest BCUT2D eigenvalue weighted by atomic mass is 16.4. The van der Waals surface area contributed by atoms with Crippen LogP contribution < -0.4 is 0 Å². The number of hydrogen-bond acceptors (Lipinski definition) is 10. The molecule has 0 spiro atoms. The first kappa shape index (κ1) is 43.5. The van der Waals surface area contributed by atoms with Gasteiger partial charge in [0.15, 0.2) is 0 Å².